The van der Waals surface area contributed by atoms with Crippen LogP contribution in [0.2, 0.25) is 5.02 Å². The molecule has 5 nitrogen and oxygen atoms in total. The van der Waals surface area contributed by atoms with Gasteiger partial charge in [-0.2, -0.15) is 0 Å². The van der Waals surface area contributed by atoms with Crippen LogP contribution in [0.1, 0.15) is 33.6 Å². The van der Waals surface area contributed by atoms with Crippen molar-refractivity contribution < 1.29 is 14.3 Å². The van der Waals surface area contributed by atoms with E-state index in [9.17, 15) is 9.59 Å². The Balaban J connectivity index is 1.74. The van der Waals surface area contributed by atoms with E-state index in [1.807, 2.05) is 12.1 Å². The summed E-state index contributed by atoms with van der Waals surface area (Å²) in [5, 5.41) is 3.10. The Kier molecular flexibility index (Phi) is 5.24. The lowest BCUT2D eigenvalue weighted by Gasteiger charge is -2.17. The number of amides is 1. The second-order valence-corrected chi connectivity index (χ2v) is 6.29. The topological polar surface area (TPSA) is 58.6 Å². The van der Waals surface area contributed by atoms with Crippen LogP contribution < -0.4 is 10.2 Å². The minimum atomic E-state index is -0.484. The maximum absolute atomic E-state index is 12.5. The number of nitrogens with one attached hydrogen (secondary N) is 1. The average Bonchev–Trinajstić information content (AvgIpc) is 3.17. The zero-order chi connectivity index (χ0) is 17.8. The van der Waals surface area contributed by atoms with Gasteiger partial charge >= 0.3 is 5.97 Å². The zero-order valence-electron chi connectivity index (χ0n) is 13.9. The first-order valence-electron chi connectivity index (χ1n) is 8.13. The molecule has 0 atom stereocenters. The van der Waals surface area contributed by atoms with Crippen molar-refractivity contribution >= 4 is 34.9 Å². The van der Waals surface area contributed by atoms with Gasteiger partial charge in [0.2, 0.25) is 0 Å². The van der Waals surface area contributed by atoms with E-state index >= 15 is 0 Å². The van der Waals surface area contributed by atoms with Gasteiger partial charge in [0, 0.05) is 24.3 Å². The van der Waals surface area contributed by atoms with Gasteiger partial charge in [-0.05, 0) is 55.3 Å². The molecule has 1 saturated heterocycles. The number of rotatable bonds is 4. The molecule has 0 unspecified atom stereocenters. The Morgan fingerprint density at radius 3 is 2.32 bits per heavy atom. The number of ether oxygens (including phenoxy) is 1. The van der Waals surface area contributed by atoms with Crippen LogP contribution in [0.5, 0.6) is 0 Å². The first-order chi connectivity index (χ1) is 12.1. The van der Waals surface area contributed by atoms with Gasteiger partial charge < -0.3 is 15.0 Å². The van der Waals surface area contributed by atoms with E-state index in [4.69, 9.17) is 11.6 Å². The smallest absolute Gasteiger partial charge is 0.337 e. The fourth-order valence-corrected chi connectivity index (χ4v) is 3.02. The van der Waals surface area contributed by atoms with Crippen molar-refractivity contribution in [2.24, 2.45) is 0 Å². The van der Waals surface area contributed by atoms with Crippen LogP contribution in [0.3, 0.4) is 0 Å². The molecule has 25 heavy (non-hydrogen) atoms. The predicted octanol–water partition coefficient (Wildman–Crippen LogP) is 3.98. The number of hydrogen-bond acceptors (Lipinski definition) is 4. The fourth-order valence-electron chi connectivity index (χ4n) is 2.86. The van der Waals surface area contributed by atoms with Crippen LogP contribution in [0.25, 0.3) is 0 Å². The molecule has 2 aromatic carbocycles. The maximum atomic E-state index is 12.5. The number of esters is 1. The summed E-state index contributed by atoms with van der Waals surface area (Å²) in [4.78, 5) is 26.4. The molecular formula is C19H19ClN2O3. The van der Waals surface area contributed by atoms with Gasteiger partial charge in [-0.15, -0.1) is 0 Å². The number of hydrogen-bond donors (Lipinski definition) is 1. The molecule has 1 aliphatic rings. The standard InChI is InChI=1S/C19H19ClN2O3/c1-25-19(24)14-6-9-16(20)17(12-14)21-18(23)13-4-7-15(8-5-13)22-10-2-3-11-22/h4-9,12H,2-3,10-11H2,1H3,(H,21,23). The molecule has 0 bridgehead atoms. The third-order valence-corrected chi connectivity index (χ3v) is 4.57. The summed E-state index contributed by atoms with van der Waals surface area (Å²) in [6.07, 6.45) is 2.41. The highest BCUT2D eigenvalue weighted by Crippen LogP contribution is 2.25. The molecule has 1 heterocycles. The fraction of sp³-hybridized carbons (Fsp3) is 0.263. The Labute approximate surface area is 151 Å². The summed E-state index contributed by atoms with van der Waals surface area (Å²) >= 11 is 6.11. The number of anilines is 2. The molecule has 0 radical (unpaired) electrons. The number of methoxy groups -OCH3 is 1. The highest BCUT2D eigenvalue weighted by atomic mass is 35.5. The lowest BCUT2D eigenvalue weighted by molar-refractivity contribution is 0.0600. The molecule has 0 aliphatic carbocycles. The van der Waals surface area contributed by atoms with Gasteiger partial charge in [0.05, 0.1) is 23.4 Å². The quantitative estimate of drug-likeness (QED) is 0.840. The van der Waals surface area contributed by atoms with Crippen LogP contribution in [0, 0.1) is 0 Å². The van der Waals surface area contributed by atoms with Gasteiger partial charge in [0.1, 0.15) is 0 Å². The monoisotopic (exact) mass is 358 g/mol. The summed E-state index contributed by atoms with van der Waals surface area (Å²) in [6.45, 7) is 2.11. The average molecular weight is 359 g/mol. The van der Waals surface area contributed by atoms with Crippen LogP contribution in [0.15, 0.2) is 42.5 Å². The first kappa shape index (κ1) is 17.3. The van der Waals surface area contributed by atoms with Gasteiger partial charge in [-0.3, -0.25) is 4.79 Å². The van der Waals surface area contributed by atoms with Crippen LogP contribution in [-0.4, -0.2) is 32.1 Å². The molecule has 1 fully saturated rings. The molecule has 0 spiro atoms. The van der Waals surface area contributed by atoms with Crippen molar-refractivity contribution in [2.75, 3.05) is 30.4 Å². The van der Waals surface area contributed by atoms with Crippen molar-refractivity contribution in [3.8, 4) is 0 Å². The van der Waals surface area contributed by atoms with Gasteiger partial charge in [0.25, 0.3) is 5.91 Å². The molecule has 0 saturated carbocycles. The van der Waals surface area contributed by atoms with Crippen LogP contribution >= 0.6 is 11.6 Å². The van der Waals surface area contributed by atoms with Crippen molar-refractivity contribution in [1.29, 1.82) is 0 Å². The zero-order valence-corrected chi connectivity index (χ0v) is 14.7. The van der Waals surface area contributed by atoms with E-state index in [1.165, 1.54) is 26.0 Å². The number of carbonyl (C=O) groups excluding carboxylic acids is 2. The largest absolute Gasteiger partial charge is 0.465 e. The highest BCUT2D eigenvalue weighted by molar-refractivity contribution is 6.34. The first-order valence-corrected chi connectivity index (χ1v) is 8.50. The second-order valence-electron chi connectivity index (χ2n) is 5.88. The minimum Gasteiger partial charge on any atom is -0.465 e. The molecule has 3 rings (SSSR count). The predicted molar refractivity (Wildman–Crippen MR) is 98.6 cm³/mol. The summed E-state index contributed by atoms with van der Waals surface area (Å²) in [6, 6.07) is 12.1. The molecular weight excluding hydrogens is 340 g/mol. The Morgan fingerprint density at radius 2 is 1.68 bits per heavy atom. The van der Waals surface area contributed by atoms with E-state index < -0.39 is 5.97 Å². The SMILES string of the molecule is COC(=O)c1ccc(Cl)c(NC(=O)c2ccc(N3CCCC3)cc2)c1. The Bertz CT molecular complexity index is 784. The molecule has 2 aromatic rings. The number of halogens is 1. The van der Waals surface area contributed by atoms with Gasteiger partial charge in [-0.25, -0.2) is 4.79 Å². The van der Waals surface area contributed by atoms with Crippen molar-refractivity contribution in [2.45, 2.75) is 12.8 Å². The van der Waals surface area contributed by atoms with Crippen molar-refractivity contribution in [3.05, 3.63) is 58.6 Å². The summed E-state index contributed by atoms with van der Waals surface area (Å²) in [5.41, 5.74) is 2.35. The van der Waals surface area contributed by atoms with E-state index in [2.05, 4.69) is 15.0 Å². The Morgan fingerprint density at radius 1 is 1.04 bits per heavy atom. The minimum absolute atomic E-state index is 0.281. The van der Waals surface area contributed by atoms with E-state index in [0.717, 1.165) is 18.8 Å². The molecule has 1 aliphatic heterocycles. The molecule has 1 N–H and O–H groups in total. The van der Waals surface area contributed by atoms with Crippen molar-refractivity contribution in [1.82, 2.24) is 0 Å². The Hall–Kier alpha value is -2.53. The number of benzene rings is 2. The van der Waals surface area contributed by atoms with Crippen LogP contribution in [0.4, 0.5) is 11.4 Å². The highest BCUT2D eigenvalue weighted by Gasteiger charge is 2.15. The van der Waals surface area contributed by atoms with Crippen molar-refractivity contribution in [3.63, 3.8) is 0 Å². The van der Waals surface area contributed by atoms with E-state index in [0.29, 0.717) is 21.8 Å². The molecule has 130 valence electrons. The maximum Gasteiger partial charge on any atom is 0.337 e. The summed E-state index contributed by atoms with van der Waals surface area (Å²) in [7, 11) is 1.30. The van der Waals surface area contributed by atoms with Crippen LogP contribution in [-0.2, 0) is 4.74 Å². The normalized spacial score (nSPS) is 13.6. The lowest BCUT2D eigenvalue weighted by Crippen LogP contribution is -2.18. The lowest BCUT2D eigenvalue weighted by atomic mass is 10.1. The third kappa shape index (κ3) is 3.94. The van der Waals surface area contributed by atoms with Gasteiger partial charge in [0.15, 0.2) is 0 Å². The van der Waals surface area contributed by atoms with E-state index in [1.54, 1.807) is 24.3 Å². The third-order valence-electron chi connectivity index (χ3n) is 4.24. The molecule has 1 amide bonds. The number of nitrogens with zero attached hydrogens (tertiary/aromatic N) is 1. The number of carbonyl (C=O) groups is 2. The molecule has 0 aromatic heterocycles. The van der Waals surface area contributed by atoms with Gasteiger partial charge in [-0.1, -0.05) is 11.6 Å². The molecule has 6 heteroatoms. The van der Waals surface area contributed by atoms with E-state index in [-0.39, 0.29) is 5.91 Å². The summed E-state index contributed by atoms with van der Waals surface area (Å²) in [5.74, 6) is -0.765. The summed E-state index contributed by atoms with van der Waals surface area (Å²) < 4.78 is 4.68. The second kappa shape index (κ2) is 7.57.